The molecule has 0 heterocycles. The fraction of sp³-hybridized carbons (Fsp3) is 0.429. The fourth-order valence-corrected chi connectivity index (χ4v) is 3.02. The van der Waals surface area contributed by atoms with Gasteiger partial charge in [0, 0.05) is 4.48 Å². The second-order valence-electron chi connectivity index (χ2n) is 4.46. The first-order valence-electron chi connectivity index (χ1n) is 6.36. The summed E-state index contributed by atoms with van der Waals surface area (Å²) in [7, 11) is -3.61. The first-order valence-corrected chi connectivity index (χ1v) is 9.48. The molecule has 0 amide bonds. The predicted molar refractivity (Wildman–Crippen MR) is 88.7 cm³/mol. The number of hydrogen-bond acceptors (Lipinski definition) is 3. The highest BCUT2D eigenvalue weighted by Gasteiger charge is 2.14. The lowest BCUT2D eigenvalue weighted by molar-refractivity contribution is 0.307. The maximum absolute atomic E-state index is 11.9. The summed E-state index contributed by atoms with van der Waals surface area (Å²) in [6.45, 7) is 2.14. The van der Waals surface area contributed by atoms with Crippen LogP contribution in [0.25, 0.3) is 0 Å². The molecule has 0 fully saturated rings. The molecule has 0 aliphatic rings. The van der Waals surface area contributed by atoms with Crippen molar-refractivity contribution in [3.63, 3.8) is 0 Å². The SMILES string of the molecule is Cc1ccc(S(=O)(=O)OCCCCC/C(Br)=C\Br)cc1. The molecule has 0 unspecified atom stereocenters. The molecule has 0 aliphatic heterocycles. The zero-order valence-electron chi connectivity index (χ0n) is 11.3. The van der Waals surface area contributed by atoms with Crippen LogP contribution in [-0.2, 0) is 14.3 Å². The van der Waals surface area contributed by atoms with E-state index in [0.29, 0.717) is 0 Å². The maximum atomic E-state index is 11.9. The summed E-state index contributed by atoms with van der Waals surface area (Å²) in [5.74, 6) is 0. The van der Waals surface area contributed by atoms with Crippen LogP contribution in [0.4, 0.5) is 0 Å². The van der Waals surface area contributed by atoms with Crippen molar-refractivity contribution >= 4 is 42.0 Å². The molecule has 0 aromatic heterocycles. The van der Waals surface area contributed by atoms with E-state index >= 15 is 0 Å². The minimum atomic E-state index is -3.61. The van der Waals surface area contributed by atoms with Gasteiger partial charge in [0.15, 0.2) is 0 Å². The molecule has 3 nitrogen and oxygen atoms in total. The summed E-state index contributed by atoms with van der Waals surface area (Å²) >= 11 is 6.64. The zero-order valence-corrected chi connectivity index (χ0v) is 15.3. The van der Waals surface area contributed by atoms with Crippen LogP contribution >= 0.6 is 31.9 Å². The molecule has 0 bridgehead atoms. The Kier molecular flexibility index (Phi) is 8.02. The van der Waals surface area contributed by atoms with Crippen LogP contribution in [0.15, 0.2) is 38.6 Å². The van der Waals surface area contributed by atoms with Gasteiger partial charge in [-0.2, -0.15) is 8.42 Å². The Morgan fingerprint density at radius 3 is 2.45 bits per heavy atom. The van der Waals surface area contributed by atoms with Crippen molar-refractivity contribution in [3.05, 3.63) is 39.3 Å². The second kappa shape index (κ2) is 8.97. The number of halogens is 2. The number of hydrogen-bond donors (Lipinski definition) is 0. The summed E-state index contributed by atoms with van der Waals surface area (Å²) < 4.78 is 29.9. The number of allylic oxidation sites excluding steroid dienone is 1. The summed E-state index contributed by atoms with van der Waals surface area (Å²) in [5.41, 5.74) is 1.02. The smallest absolute Gasteiger partial charge is 0.266 e. The molecule has 1 rings (SSSR count). The van der Waals surface area contributed by atoms with Crippen molar-refractivity contribution in [2.24, 2.45) is 0 Å². The van der Waals surface area contributed by atoms with Gasteiger partial charge in [-0.15, -0.1) is 0 Å². The van der Waals surface area contributed by atoms with Crippen molar-refractivity contribution in [2.45, 2.75) is 37.5 Å². The third-order valence-corrected chi connectivity index (χ3v) is 5.85. The Balaban J connectivity index is 2.32. The van der Waals surface area contributed by atoms with Crippen molar-refractivity contribution in [3.8, 4) is 0 Å². The molecular weight excluding hydrogens is 408 g/mol. The van der Waals surface area contributed by atoms with Crippen molar-refractivity contribution in [2.75, 3.05) is 6.61 Å². The van der Waals surface area contributed by atoms with Gasteiger partial charge in [0.25, 0.3) is 10.1 Å². The van der Waals surface area contributed by atoms with E-state index in [0.717, 1.165) is 35.7 Å². The lowest BCUT2D eigenvalue weighted by Crippen LogP contribution is -2.07. The summed E-state index contributed by atoms with van der Waals surface area (Å²) in [6.07, 6.45) is 3.60. The minimum Gasteiger partial charge on any atom is -0.266 e. The number of rotatable bonds is 8. The second-order valence-corrected chi connectivity index (χ2v) is 7.55. The van der Waals surface area contributed by atoms with Gasteiger partial charge in [0.05, 0.1) is 11.5 Å². The zero-order chi connectivity index (χ0) is 15.0. The highest BCUT2D eigenvalue weighted by atomic mass is 79.9. The molecule has 0 spiro atoms. The van der Waals surface area contributed by atoms with E-state index in [9.17, 15) is 8.42 Å². The van der Waals surface area contributed by atoms with Crippen LogP contribution in [-0.4, -0.2) is 15.0 Å². The Labute approximate surface area is 137 Å². The predicted octanol–water partition coefficient (Wildman–Crippen LogP) is 4.89. The highest BCUT2D eigenvalue weighted by molar-refractivity contribution is 9.14. The summed E-state index contributed by atoms with van der Waals surface area (Å²) in [4.78, 5) is 2.05. The van der Waals surface area contributed by atoms with Crippen LogP contribution in [0.1, 0.15) is 31.2 Å². The Hall–Kier alpha value is -0.170. The molecule has 0 radical (unpaired) electrons. The molecule has 0 N–H and O–H groups in total. The molecular formula is C14H18Br2O3S. The van der Waals surface area contributed by atoms with E-state index in [2.05, 4.69) is 31.9 Å². The third-order valence-electron chi connectivity index (χ3n) is 2.73. The average molecular weight is 426 g/mol. The lowest BCUT2D eigenvalue weighted by Gasteiger charge is -2.06. The van der Waals surface area contributed by atoms with Gasteiger partial charge in [-0.1, -0.05) is 56.0 Å². The molecule has 112 valence electrons. The monoisotopic (exact) mass is 424 g/mol. The Morgan fingerprint density at radius 2 is 1.85 bits per heavy atom. The molecule has 1 aromatic carbocycles. The first kappa shape index (κ1) is 17.9. The minimum absolute atomic E-state index is 0.216. The molecule has 0 saturated carbocycles. The van der Waals surface area contributed by atoms with Crippen molar-refractivity contribution < 1.29 is 12.6 Å². The van der Waals surface area contributed by atoms with Crippen LogP contribution in [0.2, 0.25) is 0 Å². The van der Waals surface area contributed by atoms with Crippen LogP contribution in [0.3, 0.4) is 0 Å². The molecule has 0 atom stereocenters. The third kappa shape index (κ3) is 6.52. The van der Waals surface area contributed by atoms with Crippen molar-refractivity contribution in [1.82, 2.24) is 0 Å². The topological polar surface area (TPSA) is 43.4 Å². The fourth-order valence-electron chi connectivity index (χ4n) is 1.57. The average Bonchev–Trinajstić information content (AvgIpc) is 2.42. The van der Waals surface area contributed by atoms with Crippen LogP contribution in [0, 0.1) is 6.92 Å². The lowest BCUT2D eigenvalue weighted by atomic mass is 10.2. The number of unbranched alkanes of at least 4 members (excludes halogenated alkanes) is 2. The molecule has 6 heteroatoms. The van der Waals surface area contributed by atoms with Gasteiger partial charge >= 0.3 is 0 Å². The largest absolute Gasteiger partial charge is 0.296 e. The number of benzene rings is 1. The van der Waals surface area contributed by atoms with Crippen LogP contribution in [0.5, 0.6) is 0 Å². The quantitative estimate of drug-likeness (QED) is 0.439. The summed E-state index contributed by atoms with van der Waals surface area (Å²) in [5, 5.41) is 0. The van der Waals surface area contributed by atoms with Crippen LogP contribution < -0.4 is 0 Å². The van der Waals surface area contributed by atoms with E-state index in [1.165, 1.54) is 0 Å². The van der Waals surface area contributed by atoms with Gasteiger partial charge in [-0.05, 0) is 43.3 Å². The van der Waals surface area contributed by atoms with E-state index in [1.807, 2.05) is 11.9 Å². The maximum Gasteiger partial charge on any atom is 0.296 e. The Morgan fingerprint density at radius 1 is 1.20 bits per heavy atom. The van der Waals surface area contributed by atoms with Gasteiger partial charge in [-0.3, -0.25) is 4.18 Å². The van der Waals surface area contributed by atoms with E-state index in [-0.39, 0.29) is 11.5 Å². The van der Waals surface area contributed by atoms with Gasteiger partial charge in [0.2, 0.25) is 0 Å². The van der Waals surface area contributed by atoms with Gasteiger partial charge < -0.3 is 0 Å². The van der Waals surface area contributed by atoms with E-state index in [1.54, 1.807) is 24.3 Å². The first-order chi connectivity index (χ1) is 9.45. The highest BCUT2D eigenvalue weighted by Crippen LogP contribution is 2.17. The molecule has 1 aromatic rings. The molecule has 0 aliphatic carbocycles. The standard InChI is InChI=1S/C14H18Br2O3S/c1-12-6-8-14(9-7-12)20(17,18)19-10-4-2-3-5-13(16)11-15/h6-9,11H,2-5,10H2,1H3/b13-11+. The van der Waals surface area contributed by atoms with E-state index < -0.39 is 10.1 Å². The van der Waals surface area contributed by atoms with Crippen molar-refractivity contribution in [1.29, 1.82) is 0 Å². The molecule has 20 heavy (non-hydrogen) atoms. The number of aryl methyl sites for hydroxylation is 1. The van der Waals surface area contributed by atoms with Gasteiger partial charge in [0.1, 0.15) is 0 Å². The Bertz CT molecular complexity index is 536. The normalized spacial score (nSPS) is 12.7. The van der Waals surface area contributed by atoms with E-state index in [4.69, 9.17) is 4.18 Å². The molecule has 0 saturated heterocycles. The van der Waals surface area contributed by atoms with Gasteiger partial charge in [-0.25, -0.2) is 0 Å². The summed E-state index contributed by atoms with van der Waals surface area (Å²) in [6, 6.07) is 6.67.